The van der Waals surface area contributed by atoms with Gasteiger partial charge in [-0.15, -0.1) is 0 Å². The van der Waals surface area contributed by atoms with E-state index in [2.05, 4.69) is 0 Å². The summed E-state index contributed by atoms with van der Waals surface area (Å²) in [7, 11) is 2.65. The van der Waals surface area contributed by atoms with E-state index in [1.807, 2.05) is 0 Å². The molecule has 1 heterocycles. The number of benzene rings is 2. The SMILES string of the molecule is COc1cc(O)cc(OC)c1[C@H]1C2=CC[C@@H]3C(=O)N(c4cc(C(F)(F)F)cc(C(F)(F)F)c4)C(=O)[C@@H]3[C@@H]2C[C@H]2C(=O)C=C(C)C(=O)[C@@]12C. The van der Waals surface area contributed by atoms with Gasteiger partial charge in [0.1, 0.15) is 17.2 Å². The van der Waals surface area contributed by atoms with Crippen molar-refractivity contribution in [2.45, 2.75) is 45.0 Å². The average Bonchev–Trinajstić information content (AvgIpc) is 3.27. The largest absolute Gasteiger partial charge is 0.508 e. The third-order valence-electron chi connectivity index (χ3n) is 10.3. The zero-order valence-electron chi connectivity index (χ0n) is 26.0. The summed E-state index contributed by atoms with van der Waals surface area (Å²) in [4.78, 5) is 56.0. The predicted octanol–water partition coefficient (Wildman–Crippen LogP) is 6.41. The molecule has 14 heteroatoms. The van der Waals surface area contributed by atoms with Gasteiger partial charge in [-0.05, 0) is 55.5 Å². The van der Waals surface area contributed by atoms with Gasteiger partial charge in [-0.25, -0.2) is 4.90 Å². The zero-order chi connectivity index (χ0) is 35.2. The highest BCUT2D eigenvalue weighted by atomic mass is 19.4. The van der Waals surface area contributed by atoms with Crippen LogP contribution in [-0.4, -0.2) is 42.7 Å². The highest BCUT2D eigenvalue weighted by Gasteiger charge is 2.64. The van der Waals surface area contributed by atoms with Gasteiger partial charge in [-0.3, -0.25) is 19.2 Å². The standard InChI is InChI=1S/C34H29F6NO7/c1-14-7-23(43)22-13-21-19(28(32(22,2)29(14)44)27-24(47-3)11-18(42)12-25(27)48-4)5-6-20-26(21)31(46)41(30(20)45)17-9-15(33(35,36)37)8-16(10-17)34(38,39)40/h5,7-12,20-22,26,28,42H,6,13H2,1-4H3/t20-,21+,22-,26-,28+,32+/m0/s1. The Morgan fingerprint density at radius 2 is 1.42 bits per heavy atom. The number of carbonyl (C=O) groups excluding carboxylic acids is 4. The number of imide groups is 1. The fraction of sp³-hybridized carbons (Fsp3) is 0.412. The number of fused-ring (bicyclic) bond motifs is 4. The maximum atomic E-state index is 14.2. The first-order valence-electron chi connectivity index (χ1n) is 14.9. The van der Waals surface area contributed by atoms with Crippen molar-refractivity contribution in [3.8, 4) is 17.2 Å². The van der Waals surface area contributed by atoms with Crippen LogP contribution >= 0.6 is 0 Å². The van der Waals surface area contributed by atoms with Crippen molar-refractivity contribution in [3.05, 3.63) is 70.3 Å². The fourth-order valence-corrected chi connectivity index (χ4v) is 8.24. The average molecular weight is 678 g/mol. The Hall–Kier alpha value is -4.62. The van der Waals surface area contributed by atoms with Gasteiger partial charge in [-0.2, -0.15) is 26.3 Å². The molecule has 0 radical (unpaired) electrons. The molecule has 6 rings (SSSR count). The Labute approximate surface area is 270 Å². The number of nitrogens with zero attached hydrogens (tertiary/aromatic N) is 1. The van der Waals surface area contributed by atoms with Crippen LogP contribution in [0, 0.1) is 29.1 Å². The monoisotopic (exact) mass is 677 g/mol. The van der Waals surface area contributed by atoms with E-state index in [0.29, 0.717) is 22.6 Å². The van der Waals surface area contributed by atoms with E-state index in [1.54, 1.807) is 13.0 Å². The second-order valence-corrected chi connectivity index (χ2v) is 12.8. The lowest BCUT2D eigenvalue weighted by Gasteiger charge is -2.54. The van der Waals surface area contributed by atoms with Crippen LogP contribution in [0.15, 0.2) is 53.6 Å². The molecule has 48 heavy (non-hydrogen) atoms. The molecule has 1 aliphatic heterocycles. The number of ketones is 2. The van der Waals surface area contributed by atoms with Gasteiger partial charge in [0.2, 0.25) is 11.8 Å². The van der Waals surface area contributed by atoms with Crippen LogP contribution in [0.3, 0.4) is 0 Å². The number of hydrogen-bond donors (Lipinski definition) is 1. The molecule has 0 unspecified atom stereocenters. The Morgan fingerprint density at radius 3 is 1.94 bits per heavy atom. The van der Waals surface area contributed by atoms with Gasteiger partial charge in [0.25, 0.3) is 0 Å². The smallest absolute Gasteiger partial charge is 0.416 e. The Balaban J connectivity index is 1.53. The lowest BCUT2D eigenvalue weighted by Crippen LogP contribution is -2.55. The molecule has 6 atom stereocenters. The minimum absolute atomic E-state index is 0.0898. The Bertz CT molecular complexity index is 1790. The minimum atomic E-state index is -5.22. The number of rotatable bonds is 4. The van der Waals surface area contributed by atoms with Crippen LogP contribution in [-0.2, 0) is 31.5 Å². The predicted molar refractivity (Wildman–Crippen MR) is 156 cm³/mol. The number of ether oxygens (including phenoxy) is 2. The van der Waals surface area contributed by atoms with Crippen molar-refractivity contribution in [2.24, 2.45) is 29.1 Å². The van der Waals surface area contributed by atoms with Crippen molar-refractivity contribution >= 4 is 29.1 Å². The zero-order valence-corrected chi connectivity index (χ0v) is 26.0. The van der Waals surface area contributed by atoms with Crippen molar-refractivity contribution in [1.29, 1.82) is 0 Å². The number of phenols is 1. The molecule has 254 valence electrons. The molecule has 8 nitrogen and oxygen atoms in total. The molecule has 0 aromatic heterocycles. The van der Waals surface area contributed by atoms with Crippen molar-refractivity contribution in [3.63, 3.8) is 0 Å². The minimum Gasteiger partial charge on any atom is -0.508 e. The number of amides is 2. The van der Waals surface area contributed by atoms with Crippen LogP contribution in [0.4, 0.5) is 32.0 Å². The summed E-state index contributed by atoms with van der Waals surface area (Å²) in [6.45, 7) is 3.12. The van der Waals surface area contributed by atoms with Crippen LogP contribution in [0.25, 0.3) is 0 Å². The number of anilines is 1. The normalized spacial score (nSPS) is 28.8. The number of alkyl halides is 6. The second kappa shape index (κ2) is 11.0. The summed E-state index contributed by atoms with van der Waals surface area (Å²) in [6, 6.07) is 3.16. The first kappa shape index (κ1) is 33.3. The Morgan fingerprint density at radius 1 is 0.854 bits per heavy atom. The van der Waals surface area contributed by atoms with Crippen LogP contribution in [0.1, 0.15) is 49.3 Å². The molecular weight excluding hydrogens is 648 g/mol. The molecule has 4 aliphatic rings. The molecule has 1 saturated heterocycles. The van der Waals surface area contributed by atoms with E-state index in [-0.39, 0.29) is 53.1 Å². The fourth-order valence-electron chi connectivity index (χ4n) is 8.24. The van der Waals surface area contributed by atoms with Gasteiger partial charge in [0.05, 0.1) is 48.3 Å². The highest BCUT2D eigenvalue weighted by Crippen LogP contribution is 2.65. The van der Waals surface area contributed by atoms with E-state index in [9.17, 15) is 50.6 Å². The molecule has 0 spiro atoms. The molecule has 3 aliphatic carbocycles. The summed E-state index contributed by atoms with van der Waals surface area (Å²) < 4.78 is 93.5. The molecule has 2 aromatic rings. The number of hydrogen-bond acceptors (Lipinski definition) is 7. The lowest BCUT2D eigenvalue weighted by atomic mass is 9.47. The molecule has 1 N–H and O–H groups in total. The summed E-state index contributed by atoms with van der Waals surface area (Å²) in [6.07, 6.45) is -7.80. The third kappa shape index (κ3) is 4.81. The maximum Gasteiger partial charge on any atom is 0.416 e. The molecular formula is C34H29F6NO7. The molecule has 2 aromatic carbocycles. The summed E-state index contributed by atoms with van der Waals surface area (Å²) in [5.41, 5.74) is -4.75. The number of Topliss-reactive ketones (excluding diaryl/α,β-unsaturated/α-hetero) is 1. The van der Waals surface area contributed by atoms with Gasteiger partial charge in [0, 0.05) is 29.5 Å². The summed E-state index contributed by atoms with van der Waals surface area (Å²) >= 11 is 0. The summed E-state index contributed by atoms with van der Waals surface area (Å²) in [5.74, 6) is -8.18. The third-order valence-corrected chi connectivity index (χ3v) is 10.3. The van der Waals surface area contributed by atoms with E-state index in [1.165, 1.54) is 39.4 Å². The van der Waals surface area contributed by atoms with Crippen LogP contribution in [0.2, 0.25) is 0 Å². The Kier molecular flexibility index (Phi) is 7.60. The van der Waals surface area contributed by atoms with E-state index < -0.39 is 81.8 Å². The van der Waals surface area contributed by atoms with Gasteiger partial charge >= 0.3 is 12.4 Å². The van der Waals surface area contributed by atoms with E-state index in [4.69, 9.17) is 9.47 Å². The highest BCUT2D eigenvalue weighted by molar-refractivity contribution is 6.22. The maximum absolute atomic E-state index is 14.2. The van der Waals surface area contributed by atoms with Crippen molar-refractivity contribution in [2.75, 3.05) is 19.1 Å². The van der Waals surface area contributed by atoms with Crippen molar-refractivity contribution < 1.29 is 60.1 Å². The molecule has 2 fully saturated rings. The number of allylic oxidation sites excluding steroid dienone is 4. The number of aromatic hydroxyl groups is 1. The lowest BCUT2D eigenvalue weighted by molar-refractivity contribution is -0.143. The number of phenolic OH excluding ortho intramolecular Hbond substituents is 1. The molecule has 1 saturated carbocycles. The van der Waals surface area contributed by atoms with Crippen molar-refractivity contribution in [1.82, 2.24) is 0 Å². The number of carbonyl (C=O) groups is 4. The first-order valence-corrected chi connectivity index (χ1v) is 14.9. The second-order valence-electron chi connectivity index (χ2n) is 12.8. The van der Waals surface area contributed by atoms with Crippen LogP contribution < -0.4 is 14.4 Å². The van der Waals surface area contributed by atoms with Gasteiger partial charge in [0.15, 0.2) is 11.6 Å². The van der Waals surface area contributed by atoms with Gasteiger partial charge < -0.3 is 14.6 Å². The van der Waals surface area contributed by atoms with Gasteiger partial charge in [-0.1, -0.05) is 18.6 Å². The number of methoxy groups -OCH3 is 2. The molecule has 2 amide bonds. The van der Waals surface area contributed by atoms with Crippen LogP contribution in [0.5, 0.6) is 17.2 Å². The quantitative estimate of drug-likeness (QED) is 0.226. The molecule has 0 bridgehead atoms. The van der Waals surface area contributed by atoms with E-state index >= 15 is 0 Å². The van der Waals surface area contributed by atoms with E-state index in [0.717, 1.165) is 0 Å². The topological polar surface area (TPSA) is 110 Å². The number of halogens is 6. The summed E-state index contributed by atoms with van der Waals surface area (Å²) in [5, 5.41) is 10.4. The first-order chi connectivity index (χ1) is 22.3.